The molecule has 3 heteroatoms. The van der Waals surface area contributed by atoms with Crippen LogP contribution in [0.1, 0.15) is 69.6 Å². The van der Waals surface area contributed by atoms with E-state index in [0.29, 0.717) is 5.56 Å². The molecule has 0 radical (unpaired) electrons. The van der Waals surface area contributed by atoms with E-state index in [-0.39, 0.29) is 17.6 Å². The molecule has 0 N–H and O–H groups in total. The Morgan fingerprint density at radius 1 is 1.13 bits per heavy atom. The highest BCUT2D eigenvalue weighted by atomic mass is 16.5. The van der Waals surface area contributed by atoms with Crippen LogP contribution in [-0.2, 0) is 12.8 Å². The molecule has 0 spiro atoms. The standard InChI is InChI=1S/C20H26O3/c1-5-7-8-9-14-10-11-16-18(15(14)6-2)23-20(21)17-12(3)13(4)22-19(16)17/h10-13H,5-9H2,1-4H3/t12-,13-/m0/s1. The van der Waals surface area contributed by atoms with Crippen LogP contribution in [0.15, 0.2) is 21.3 Å². The summed E-state index contributed by atoms with van der Waals surface area (Å²) in [5, 5.41) is 0.951. The van der Waals surface area contributed by atoms with Gasteiger partial charge in [-0.25, -0.2) is 4.79 Å². The zero-order chi connectivity index (χ0) is 16.6. The van der Waals surface area contributed by atoms with Gasteiger partial charge in [0.1, 0.15) is 17.4 Å². The van der Waals surface area contributed by atoms with E-state index in [2.05, 4.69) is 26.0 Å². The van der Waals surface area contributed by atoms with Crippen molar-refractivity contribution in [1.82, 2.24) is 0 Å². The van der Waals surface area contributed by atoms with E-state index >= 15 is 0 Å². The number of ether oxygens (including phenoxy) is 1. The fourth-order valence-corrected chi connectivity index (χ4v) is 3.58. The molecule has 2 atom stereocenters. The van der Waals surface area contributed by atoms with Gasteiger partial charge in [0.25, 0.3) is 0 Å². The zero-order valence-electron chi connectivity index (χ0n) is 14.6. The topological polar surface area (TPSA) is 39.4 Å². The molecule has 1 aromatic heterocycles. The summed E-state index contributed by atoms with van der Waals surface area (Å²) in [6.45, 7) is 8.37. The van der Waals surface area contributed by atoms with Gasteiger partial charge in [-0.05, 0) is 43.4 Å². The normalized spacial score (nSPS) is 19.8. The van der Waals surface area contributed by atoms with E-state index < -0.39 is 0 Å². The Hall–Kier alpha value is -1.77. The molecule has 23 heavy (non-hydrogen) atoms. The van der Waals surface area contributed by atoms with Crippen molar-refractivity contribution in [2.75, 3.05) is 0 Å². The Kier molecular flexibility index (Phi) is 4.47. The molecular formula is C20H26O3. The Balaban J connectivity index is 2.16. The lowest BCUT2D eigenvalue weighted by atomic mass is 9.95. The highest BCUT2D eigenvalue weighted by Crippen LogP contribution is 2.41. The average Bonchev–Trinajstić information content (AvgIpc) is 2.83. The van der Waals surface area contributed by atoms with E-state index in [1.165, 1.54) is 24.8 Å². The molecule has 1 aliphatic rings. The molecule has 0 saturated heterocycles. The Labute approximate surface area is 137 Å². The van der Waals surface area contributed by atoms with Crippen LogP contribution in [0.5, 0.6) is 5.75 Å². The number of hydrogen-bond donors (Lipinski definition) is 0. The van der Waals surface area contributed by atoms with Crippen molar-refractivity contribution in [2.45, 2.75) is 71.8 Å². The number of unbranched alkanes of at least 4 members (excludes halogenated alkanes) is 2. The predicted octanol–water partition coefficient (Wildman–Crippen LogP) is 4.97. The molecule has 2 aromatic rings. The second-order valence-corrected chi connectivity index (χ2v) is 6.63. The van der Waals surface area contributed by atoms with Crippen LogP contribution in [0.3, 0.4) is 0 Å². The molecule has 0 saturated carbocycles. The molecule has 1 aliphatic heterocycles. The summed E-state index contributed by atoms with van der Waals surface area (Å²) in [4.78, 5) is 12.5. The fraction of sp³-hybridized carbons (Fsp3) is 0.550. The minimum Gasteiger partial charge on any atom is -0.489 e. The van der Waals surface area contributed by atoms with Crippen molar-refractivity contribution in [3.8, 4) is 5.75 Å². The summed E-state index contributed by atoms with van der Waals surface area (Å²) in [5.74, 6) is 0.825. The highest BCUT2D eigenvalue weighted by molar-refractivity contribution is 5.88. The fourth-order valence-electron chi connectivity index (χ4n) is 3.58. The molecule has 3 nitrogen and oxygen atoms in total. The van der Waals surface area contributed by atoms with Gasteiger partial charge in [-0.2, -0.15) is 0 Å². The predicted molar refractivity (Wildman–Crippen MR) is 93.6 cm³/mol. The molecule has 0 bridgehead atoms. The van der Waals surface area contributed by atoms with Crippen LogP contribution in [0.4, 0.5) is 0 Å². The largest absolute Gasteiger partial charge is 0.489 e. The van der Waals surface area contributed by atoms with Gasteiger partial charge in [0, 0.05) is 5.92 Å². The quantitative estimate of drug-likeness (QED) is 0.577. The lowest BCUT2D eigenvalue weighted by Crippen LogP contribution is -2.14. The third-order valence-electron chi connectivity index (χ3n) is 5.13. The van der Waals surface area contributed by atoms with Crippen molar-refractivity contribution in [3.05, 3.63) is 39.2 Å². The van der Waals surface area contributed by atoms with Crippen LogP contribution >= 0.6 is 0 Å². The summed E-state index contributed by atoms with van der Waals surface area (Å²) in [6.07, 6.45) is 5.55. The van der Waals surface area contributed by atoms with Crippen LogP contribution in [0.2, 0.25) is 0 Å². The maximum absolute atomic E-state index is 12.5. The second kappa shape index (κ2) is 6.38. The summed E-state index contributed by atoms with van der Waals surface area (Å²) < 4.78 is 11.7. The first-order valence-electron chi connectivity index (χ1n) is 8.86. The molecule has 0 unspecified atom stereocenters. The van der Waals surface area contributed by atoms with Gasteiger partial charge in [-0.3, -0.25) is 0 Å². The van der Waals surface area contributed by atoms with Crippen LogP contribution in [0.25, 0.3) is 11.0 Å². The Morgan fingerprint density at radius 2 is 1.91 bits per heavy atom. The third kappa shape index (κ3) is 2.66. The first kappa shape index (κ1) is 16.1. The van der Waals surface area contributed by atoms with Crippen molar-refractivity contribution in [3.63, 3.8) is 0 Å². The van der Waals surface area contributed by atoms with E-state index in [9.17, 15) is 4.79 Å². The molecular weight excluding hydrogens is 288 g/mol. The van der Waals surface area contributed by atoms with Crippen LogP contribution in [0, 0.1) is 0 Å². The van der Waals surface area contributed by atoms with Crippen LogP contribution < -0.4 is 10.4 Å². The Morgan fingerprint density at radius 3 is 2.61 bits per heavy atom. The number of rotatable bonds is 5. The minimum atomic E-state index is -0.232. The first-order chi connectivity index (χ1) is 11.1. The van der Waals surface area contributed by atoms with Gasteiger partial charge in [0.15, 0.2) is 0 Å². The molecule has 2 heterocycles. The van der Waals surface area contributed by atoms with Crippen molar-refractivity contribution in [1.29, 1.82) is 0 Å². The Bertz CT molecular complexity index is 773. The number of benzene rings is 1. The first-order valence-corrected chi connectivity index (χ1v) is 8.86. The molecule has 0 amide bonds. The average molecular weight is 314 g/mol. The SMILES string of the molecule is CCCCCc1ccc2c3c(c(=O)oc2c1CC)[C@@H](C)[C@H](C)O3. The van der Waals surface area contributed by atoms with Gasteiger partial charge in [0.2, 0.25) is 0 Å². The van der Waals surface area contributed by atoms with Crippen molar-refractivity contribution < 1.29 is 9.15 Å². The van der Waals surface area contributed by atoms with E-state index in [0.717, 1.165) is 35.1 Å². The summed E-state index contributed by atoms with van der Waals surface area (Å²) in [6, 6.07) is 4.26. The summed E-state index contributed by atoms with van der Waals surface area (Å²) in [5.41, 5.74) is 3.66. The minimum absolute atomic E-state index is 0.0211. The zero-order valence-corrected chi connectivity index (χ0v) is 14.6. The number of hydrogen-bond acceptors (Lipinski definition) is 3. The molecule has 0 aliphatic carbocycles. The maximum Gasteiger partial charge on any atom is 0.343 e. The van der Waals surface area contributed by atoms with Gasteiger partial charge in [-0.15, -0.1) is 0 Å². The van der Waals surface area contributed by atoms with E-state index in [1.807, 2.05) is 13.8 Å². The maximum atomic E-state index is 12.5. The lowest BCUT2D eigenvalue weighted by molar-refractivity contribution is 0.234. The van der Waals surface area contributed by atoms with Gasteiger partial charge < -0.3 is 9.15 Å². The molecule has 3 rings (SSSR count). The van der Waals surface area contributed by atoms with Crippen molar-refractivity contribution >= 4 is 11.0 Å². The van der Waals surface area contributed by atoms with E-state index in [4.69, 9.17) is 9.15 Å². The smallest absolute Gasteiger partial charge is 0.343 e. The number of fused-ring (bicyclic) bond motifs is 3. The van der Waals surface area contributed by atoms with Crippen LogP contribution in [-0.4, -0.2) is 6.10 Å². The molecule has 124 valence electrons. The monoisotopic (exact) mass is 314 g/mol. The third-order valence-corrected chi connectivity index (χ3v) is 5.13. The number of aryl methyl sites for hydroxylation is 2. The summed E-state index contributed by atoms with van der Waals surface area (Å²) in [7, 11) is 0. The lowest BCUT2D eigenvalue weighted by Gasteiger charge is -2.12. The summed E-state index contributed by atoms with van der Waals surface area (Å²) >= 11 is 0. The molecule has 1 aromatic carbocycles. The van der Waals surface area contributed by atoms with Gasteiger partial charge >= 0.3 is 5.63 Å². The van der Waals surface area contributed by atoms with Crippen molar-refractivity contribution in [2.24, 2.45) is 0 Å². The van der Waals surface area contributed by atoms with Gasteiger partial charge in [-0.1, -0.05) is 39.7 Å². The highest BCUT2D eigenvalue weighted by Gasteiger charge is 2.33. The van der Waals surface area contributed by atoms with Gasteiger partial charge in [0.05, 0.1) is 10.9 Å². The second-order valence-electron chi connectivity index (χ2n) is 6.63. The van der Waals surface area contributed by atoms with E-state index in [1.54, 1.807) is 0 Å². The molecule has 0 fully saturated rings.